The molecule has 0 bridgehead atoms. The molecule has 0 radical (unpaired) electrons. The highest BCUT2D eigenvalue weighted by Crippen LogP contribution is 2.31. The topological polar surface area (TPSA) is 69.6 Å². The van der Waals surface area contributed by atoms with Crippen LogP contribution in [0.4, 0.5) is 22.4 Å². The van der Waals surface area contributed by atoms with Gasteiger partial charge in [-0.2, -0.15) is 0 Å². The summed E-state index contributed by atoms with van der Waals surface area (Å²) in [4.78, 5) is 25.5. The molecule has 2 aromatic carbocycles. The van der Waals surface area contributed by atoms with Gasteiger partial charge in [0.25, 0.3) is 5.91 Å². The normalized spacial score (nSPS) is 20.7. The van der Waals surface area contributed by atoms with Gasteiger partial charge in [-0.3, -0.25) is 9.69 Å². The molecule has 142 valence electrons. The van der Waals surface area contributed by atoms with Crippen LogP contribution in [0.5, 0.6) is 0 Å². The first-order chi connectivity index (χ1) is 12.6. The van der Waals surface area contributed by atoms with Gasteiger partial charge in [-0.1, -0.05) is 12.1 Å². The standard InChI is InChI=1S/C18H14F4N2O3/c1-18(9-5-6-10(19)13(22)7-9)16(26)24(17(27)23-18)8-14(25)15-11(20)3-2-4-12(15)21/h2-7,14,25H,8H2,1H3,(H,23,27). The predicted molar refractivity (Wildman–Crippen MR) is 85.3 cm³/mol. The zero-order valence-electron chi connectivity index (χ0n) is 14.0. The molecule has 1 aliphatic rings. The lowest BCUT2D eigenvalue weighted by atomic mass is 9.92. The quantitative estimate of drug-likeness (QED) is 0.631. The number of urea groups is 1. The van der Waals surface area contributed by atoms with Crippen LogP contribution in [0.1, 0.15) is 24.2 Å². The van der Waals surface area contributed by atoms with Gasteiger partial charge in [0.15, 0.2) is 11.6 Å². The van der Waals surface area contributed by atoms with Gasteiger partial charge in [-0.25, -0.2) is 22.4 Å². The minimum absolute atomic E-state index is 0.0196. The molecular formula is C18H14F4N2O3. The van der Waals surface area contributed by atoms with Crippen molar-refractivity contribution in [2.24, 2.45) is 0 Å². The van der Waals surface area contributed by atoms with Crippen LogP contribution in [0, 0.1) is 23.3 Å². The van der Waals surface area contributed by atoms with E-state index < -0.39 is 59.0 Å². The molecule has 1 aliphatic heterocycles. The summed E-state index contributed by atoms with van der Waals surface area (Å²) in [7, 11) is 0. The van der Waals surface area contributed by atoms with Gasteiger partial charge in [0.2, 0.25) is 0 Å². The van der Waals surface area contributed by atoms with Crippen molar-refractivity contribution in [1.82, 2.24) is 10.2 Å². The number of imide groups is 1. The molecule has 5 nitrogen and oxygen atoms in total. The third kappa shape index (κ3) is 3.14. The van der Waals surface area contributed by atoms with E-state index in [0.29, 0.717) is 4.90 Å². The van der Waals surface area contributed by atoms with Crippen LogP contribution in [0.3, 0.4) is 0 Å². The van der Waals surface area contributed by atoms with E-state index in [1.54, 1.807) is 0 Å². The number of hydrogen-bond donors (Lipinski definition) is 2. The predicted octanol–water partition coefficient (Wildman–Crippen LogP) is 2.74. The summed E-state index contributed by atoms with van der Waals surface area (Å²) in [5, 5.41) is 12.5. The molecular weight excluding hydrogens is 368 g/mol. The number of carbonyl (C=O) groups excluding carboxylic acids is 2. The summed E-state index contributed by atoms with van der Waals surface area (Å²) in [5.41, 5.74) is -2.42. The first-order valence-corrected chi connectivity index (χ1v) is 7.86. The number of hydrogen-bond acceptors (Lipinski definition) is 3. The Bertz CT molecular complexity index is 917. The van der Waals surface area contributed by atoms with Gasteiger partial charge < -0.3 is 10.4 Å². The lowest BCUT2D eigenvalue weighted by Gasteiger charge is -2.23. The molecule has 0 aliphatic carbocycles. The number of amides is 3. The van der Waals surface area contributed by atoms with Crippen molar-refractivity contribution in [3.05, 3.63) is 70.8 Å². The van der Waals surface area contributed by atoms with E-state index in [2.05, 4.69) is 5.32 Å². The van der Waals surface area contributed by atoms with Gasteiger partial charge >= 0.3 is 6.03 Å². The van der Waals surface area contributed by atoms with Crippen LogP contribution >= 0.6 is 0 Å². The minimum atomic E-state index is -1.81. The number of nitrogens with zero attached hydrogens (tertiary/aromatic N) is 1. The molecule has 1 heterocycles. The molecule has 1 fully saturated rings. The maximum atomic E-state index is 13.8. The first kappa shape index (κ1) is 18.8. The Balaban J connectivity index is 1.89. The van der Waals surface area contributed by atoms with Crippen molar-refractivity contribution in [2.45, 2.75) is 18.6 Å². The summed E-state index contributed by atoms with van der Waals surface area (Å²) in [5.74, 6) is -5.27. The third-order valence-corrected chi connectivity index (χ3v) is 4.46. The SMILES string of the molecule is CC1(c2ccc(F)c(F)c2)NC(=O)N(CC(O)c2c(F)cccc2F)C1=O. The number of β-amino-alcohol motifs (C(OH)–C–C–N with tert-alkyl or cyclic N) is 1. The van der Waals surface area contributed by atoms with Crippen LogP contribution in [0.2, 0.25) is 0 Å². The van der Waals surface area contributed by atoms with E-state index in [1.807, 2.05) is 0 Å². The van der Waals surface area contributed by atoms with Crippen molar-refractivity contribution in [2.75, 3.05) is 6.54 Å². The van der Waals surface area contributed by atoms with Crippen LogP contribution in [0.15, 0.2) is 36.4 Å². The smallest absolute Gasteiger partial charge is 0.325 e. The number of aliphatic hydroxyl groups excluding tert-OH is 1. The zero-order valence-corrected chi connectivity index (χ0v) is 14.0. The molecule has 2 aromatic rings. The molecule has 3 amide bonds. The number of halogens is 4. The average molecular weight is 382 g/mol. The van der Waals surface area contributed by atoms with E-state index >= 15 is 0 Å². The highest BCUT2D eigenvalue weighted by molar-refractivity contribution is 6.07. The summed E-state index contributed by atoms with van der Waals surface area (Å²) in [6, 6.07) is 4.73. The Kier molecular flexibility index (Phi) is 4.64. The van der Waals surface area contributed by atoms with E-state index in [1.165, 1.54) is 6.92 Å². The minimum Gasteiger partial charge on any atom is -0.386 e. The Hall–Kier alpha value is -2.94. The maximum absolute atomic E-state index is 13.8. The fourth-order valence-electron chi connectivity index (χ4n) is 2.96. The average Bonchev–Trinajstić information content (AvgIpc) is 2.81. The lowest BCUT2D eigenvalue weighted by Crippen LogP contribution is -2.41. The number of benzene rings is 2. The fourth-order valence-corrected chi connectivity index (χ4v) is 2.96. The number of aliphatic hydroxyl groups is 1. The summed E-state index contributed by atoms with van der Waals surface area (Å²) in [6.45, 7) is 0.553. The molecule has 9 heteroatoms. The molecule has 2 unspecified atom stereocenters. The van der Waals surface area contributed by atoms with Gasteiger partial charge in [-0.05, 0) is 36.8 Å². The molecule has 0 spiro atoms. The van der Waals surface area contributed by atoms with Crippen LogP contribution in [-0.2, 0) is 10.3 Å². The van der Waals surface area contributed by atoms with E-state index in [-0.39, 0.29) is 5.56 Å². The Morgan fingerprint density at radius 3 is 2.26 bits per heavy atom. The van der Waals surface area contributed by atoms with Crippen LogP contribution in [-0.4, -0.2) is 28.5 Å². The molecule has 0 saturated carbocycles. The van der Waals surface area contributed by atoms with Crippen molar-refractivity contribution in [3.8, 4) is 0 Å². The van der Waals surface area contributed by atoms with Crippen molar-refractivity contribution < 1.29 is 32.3 Å². The monoisotopic (exact) mass is 382 g/mol. The summed E-state index contributed by atoms with van der Waals surface area (Å²) in [6.07, 6.45) is -1.81. The van der Waals surface area contributed by atoms with Crippen LogP contribution in [0.25, 0.3) is 0 Å². The van der Waals surface area contributed by atoms with Gasteiger partial charge in [-0.15, -0.1) is 0 Å². The lowest BCUT2D eigenvalue weighted by molar-refractivity contribution is -0.132. The third-order valence-electron chi connectivity index (χ3n) is 4.46. The first-order valence-electron chi connectivity index (χ1n) is 7.86. The van der Waals surface area contributed by atoms with Gasteiger partial charge in [0, 0.05) is 0 Å². The fraction of sp³-hybridized carbons (Fsp3) is 0.222. The van der Waals surface area contributed by atoms with Crippen molar-refractivity contribution >= 4 is 11.9 Å². The van der Waals surface area contributed by atoms with Gasteiger partial charge in [0.05, 0.1) is 12.1 Å². The van der Waals surface area contributed by atoms with E-state index in [9.17, 15) is 32.3 Å². The summed E-state index contributed by atoms with van der Waals surface area (Å²) < 4.78 is 54.2. The maximum Gasteiger partial charge on any atom is 0.325 e. The molecule has 2 atom stereocenters. The zero-order chi connectivity index (χ0) is 19.9. The highest BCUT2D eigenvalue weighted by atomic mass is 19.2. The van der Waals surface area contributed by atoms with E-state index in [0.717, 1.165) is 36.4 Å². The van der Waals surface area contributed by atoms with Gasteiger partial charge in [0.1, 0.15) is 23.3 Å². The second kappa shape index (κ2) is 6.66. The number of nitrogens with one attached hydrogen (secondary N) is 1. The van der Waals surface area contributed by atoms with Crippen LogP contribution < -0.4 is 5.32 Å². The summed E-state index contributed by atoms with van der Waals surface area (Å²) >= 11 is 0. The largest absolute Gasteiger partial charge is 0.386 e. The molecule has 1 saturated heterocycles. The van der Waals surface area contributed by atoms with Crippen molar-refractivity contribution in [3.63, 3.8) is 0 Å². The Morgan fingerprint density at radius 1 is 1.04 bits per heavy atom. The van der Waals surface area contributed by atoms with E-state index in [4.69, 9.17) is 0 Å². The number of carbonyl (C=O) groups is 2. The molecule has 3 rings (SSSR count). The molecule has 2 N–H and O–H groups in total. The second-order valence-electron chi connectivity index (χ2n) is 6.25. The Labute approximate surface area is 151 Å². The Morgan fingerprint density at radius 2 is 1.67 bits per heavy atom. The molecule has 0 aromatic heterocycles. The number of rotatable bonds is 4. The van der Waals surface area contributed by atoms with Crippen molar-refractivity contribution in [1.29, 1.82) is 0 Å². The second-order valence-corrected chi connectivity index (χ2v) is 6.25. The highest BCUT2D eigenvalue weighted by Gasteiger charge is 2.49. The molecule has 27 heavy (non-hydrogen) atoms.